The number of aromatic hydroxyl groups is 2. The van der Waals surface area contributed by atoms with Gasteiger partial charge in [0.1, 0.15) is 6.10 Å². The maximum atomic E-state index is 13.0. The van der Waals surface area contributed by atoms with Gasteiger partial charge in [-0.25, -0.2) is 4.79 Å². The first kappa shape index (κ1) is 31.7. The van der Waals surface area contributed by atoms with Crippen LogP contribution in [-0.4, -0.2) is 34.0 Å². The minimum Gasteiger partial charge on any atom is -0.504 e. The number of benzene rings is 1. The van der Waals surface area contributed by atoms with E-state index in [0.717, 1.165) is 25.7 Å². The molecule has 0 aliphatic heterocycles. The van der Waals surface area contributed by atoms with E-state index in [2.05, 4.69) is 48.1 Å². The van der Waals surface area contributed by atoms with Gasteiger partial charge in [-0.15, -0.1) is 0 Å². The zero-order valence-electron chi connectivity index (χ0n) is 28.0. The highest BCUT2D eigenvalue weighted by Gasteiger charge is 2.71. The van der Waals surface area contributed by atoms with Gasteiger partial charge in [-0.3, -0.25) is 0 Å². The molecule has 1 aromatic rings. The Hall–Kier alpha value is -2.27. The number of allylic oxidation sites excluding steroid dienone is 1. The smallest absolute Gasteiger partial charge is 0.331 e. The SMILES string of the molecule is C=C(C)C1CC[C@]2(CO)CC[C@@]3(C)C4CCC5C(C)(C)[C@@H](OC(=O)/C=C/c6ccc(O)c(O)c6)CC[C@]5(C)C4CC[C@]3(C)C12. The fourth-order valence-electron chi connectivity index (χ4n) is 12.7. The topological polar surface area (TPSA) is 87.0 Å². The highest BCUT2D eigenvalue weighted by atomic mass is 16.5. The molecule has 5 heteroatoms. The fraction of sp³-hybridized carbons (Fsp3) is 0.718. The lowest BCUT2D eigenvalue weighted by Gasteiger charge is -2.72. The summed E-state index contributed by atoms with van der Waals surface area (Å²) in [4.78, 5) is 13.0. The molecule has 3 N–H and O–H groups in total. The molecular formula is C39H56O5. The van der Waals surface area contributed by atoms with Gasteiger partial charge >= 0.3 is 5.97 Å². The lowest BCUT2D eigenvalue weighted by molar-refractivity contribution is -0.243. The van der Waals surface area contributed by atoms with E-state index in [0.29, 0.717) is 41.8 Å². The number of rotatable bonds is 5. The van der Waals surface area contributed by atoms with Gasteiger partial charge in [-0.2, -0.15) is 0 Å². The van der Waals surface area contributed by atoms with Crippen LogP contribution in [0.5, 0.6) is 11.5 Å². The van der Waals surface area contributed by atoms with Crippen molar-refractivity contribution in [1.82, 2.24) is 0 Å². The first-order chi connectivity index (χ1) is 20.6. The molecule has 0 radical (unpaired) electrons. The van der Waals surface area contributed by atoms with Gasteiger partial charge in [0.15, 0.2) is 11.5 Å². The molecule has 5 unspecified atom stereocenters. The maximum absolute atomic E-state index is 13.0. The molecule has 242 valence electrons. The number of esters is 1. The van der Waals surface area contributed by atoms with E-state index < -0.39 is 0 Å². The second kappa shape index (κ2) is 10.6. The van der Waals surface area contributed by atoms with Crippen LogP contribution >= 0.6 is 0 Å². The summed E-state index contributed by atoms with van der Waals surface area (Å²) in [5, 5.41) is 30.2. The summed E-state index contributed by atoms with van der Waals surface area (Å²) < 4.78 is 6.17. The van der Waals surface area contributed by atoms with Crippen molar-refractivity contribution < 1.29 is 24.9 Å². The molecule has 5 saturated carbocycles. The molecule has 44 heavy (non-hydrogen) atoms. The Morgan fingerprint density at radius 1 is 0.909 bits per heavy atom. The van der Waals surface area contributed by atoms with Gasteiger partial charge in [-0.05, 0) is 146 Å². The summed E-state index contributed by atoms with van der Waals surface area (Å²) in [6.45, 7) is 19.5. The number of hydrogen-bond donors (Lipinski definition) is 3. The average Bonchev–Trinajstić information content (AvgIpc) is 3.38. The van der Waals surface area contributed by atoms with Crippen molar-refractivity contribution in [2.45, 2.75) is 112 Å². The summed E-state index contributed by atoms with van der Waals surface area (Å²) in [5.41, 5.74) is 2.57. The molecule has 10 atom stereocenters. The molecule has 5 nitrogen and oxygen atoms in total. The number of aliphatic hydroxyl groups excluding tert-OH is 1. The molecule has 0 bridgehead atoms. The minimum atomic E-state index is -0.355. The van der Waals surface area contributed by atoms with E-state index in [1.165, 1.54) is 62.3 Å². The molecule has 1 aromatic carbocycles. The first-order valence-corrected chi connectivity index (χ1v) is 17.3. The number of carbonyl (C=O) groups is 1. The number of phenolic OH excluding ortho intramolecular Hbond substituents is 2. The monoisotopic (exact) mass is 604 g/mol. The van der Waals surface area contributed by atoms with Crippen molar-refractivity contribution >= 4 is 12.0 Å². The second-order valence-electron chi connectivity index (χ2n) is 17.1. The first-order valence-electron chi connectivity index (χ1n) is 17.3. The van der Waals surface area contributed by atoms with Crippen LogP contribution in [0.1, 0.15) is 111 Å². The van der Waals surface area contributed by atoms with E-state index in [-0.39, 0.29) is 50.6 Å². The van der Waals surface area contributed by atoms with E-state index in [4.69, 9.17) is 4.74 Å². The van der Waals surface area contributed by atoms with E-state index in [9.17, 15) is 20.1 Å². The molecule has 5 aliphatic rings. The quantitative estimate of drug-likeness (QED) is 0.135. The minimum absolute atomic E-state index is 0.0624. The Kier molecular flexibility index (Phi) is 7.67. The van der Waals surface area contributed by atoms with Gasteiger partial charge < -0.3 is 20.1 Å². The molecule has 0 aromatic heterocycles. The zero-order valence-corrected chi connectivity index (χ0v) is 28.0. The second-order valence-corrected chi connectivity index (χ2v) is 17.1. The zero-order chi connectivity index (χ0) is 31.9. The molecule has 5 aliphatic carbocycles. The predicted octanol–water partition coefficient (Wildman–Crippen LogP) is 8.67. The number of fused-ring (bicyclic) bond motifs is 7. The Bertz CT molecular complexity index is 1350. The van der Waals surface area contributed by atoms with Crippen LogP contribution in [0.4, 0.5) is 0 Å². The predicted molar refractivity (Wildman–Crippen MR) is 175 cm³/mol. The van der Waals surface area contributed by atoms with E-state index in [1.54, 1.807) is 12.1 Å². The number of phenols is 2. The van der Waals surface area contributed by atoms with Gasteiger partial charge in [0.05, 0.1) is 0 Å². The molecule has 0 saturated heterocycles. The average molecular weight is 605 g/mol. The van der Waals surface area contributed by atoms with Gasteiger partial charge in [-0.1, -0.05) is 52.8 Å². The third-order valence-electron chi connectivity index (χ3n) is 15.1. The van der Waals surface area contributed by atoms with Crippen LogP contribution < -0.4 is 0 Å². The summed E-state index contributed by atoms with van der Waals surface area (Å²) in [6, 6.07) is 4.51. The van der Waals surface area contributed by atoms with Crippen molar-refractivity contribution in [2.24, 2.45) is 56.7 Å². The molecular weight excluding hydrogens is 548 g/mol. The molecule has 6 rings (SSSR count). The lowest BCUT2D eigenvalue weighted by Crippen LogP contribution is -2.66. The fourth-order valence-corrected chi connectivity index (χ4v) is 12.7. The highest BCUT2D eigenvalue weighted by Crippen LogP contribution is 2.77. The number of carbonyl (C=O) groups excluding carboxylic acids is 1. The van der Waals surface area contributed by atoms with Crippen LogP contribution in [0.15, 0.2) is 36.4 Å². The van der Waals surface area contributed by atoms with Crippen LogP contribution in [0, 0.1) is 56.7 Å². The molecule has 0 amide bonds. The van der Waals surface area contributed by atoms with Gasteiger partial charge in [0.2, 0.25) is 0 Å². The number of aliphatic hydroxyl groups is 1. The largest absolute Gasteiger partial charge is 0.504 e. The Labute approximate surface area is 265 Å². The Balaban J connectivity index is 1.22. The summed E-state index contributed by atoms with van der Waals surface area (Å²) in [5.74, 6) is 2.14. The van der Waals surface area contributed by atoms with Gasteiger partial charge in [0, 0.05) is 18.1 Å². The molecule has 5 fully saturated rings. The summed E-state index contributed by atoms with van der Waals surface area (Å²) in [6.07, 6.45) is 14.5. The van der Waals surface area contributed by atoms with Crippen LogP contribution in [0.25, 0.3) is 6.08 Å². The third-order valence-corrected chi connectivity index (χ3v) is 15.1. The highest BCUT2D eigenvalue weighted by molar-refractivity contribution is 5.87. The Morgan fingerprint density at radius 3 is 2.34 bits per heavy atom. The van der Waals surface area contributed by atoms with E-state index in [1.807, 2.05) is 0 Å². The molecule has 0 spiro atoms. The maximum Gasteiger partial charge on any atom is 0.331 e. The third kappa shape index (κ3) is 4.45. The van der Waals surface area contributed by atoms with Gasteiger partial charge in [0.25, 0.3) is 0 Å². The van der Waals surface area contributed by atoms with Crippen molar-refractivity contribution in [3.8, 4) is 11.5 Å². The van der Waals surface area contributed by atoms with Crippen molar-refractivity contribution in [2.75, 3.05) is 6.61 Å². The van der Waals surface area contributed by atoms with Crippen LogP contribution in [0.3, 0.4) is 0 Å². The summed E-state index contributed by atoms with van der Waals surface area (Å²) >= 11 is 0. The standard InChI is InChI=1S/C39H56O5/c1-24(2)26-14-19-39(23-40)21-20-37(6)28-10-12-31-35(3,4)32(44-33(43)13-9-25-8-11-29(41)30(42)22-25)16-17-36(31,5)27(28)15-18-38(37,7)34(26)39/h8-9,11,13,22,26-28,31-32,34,40-42H,1,10,12,14-21,23H2,2-7H3/b13-9+/t26?,27?,28?,31?,32-,34?,36+,37-,38+,39+/m0/s1. The molecule has 0 heterocycles. The van der Waals surface area contributed by atoms with Crippen LogP contribution in [-0.2, 0) is 9.53 Å². The normalized spacial score (nSPS) is 44.2. The number of ether oxygens (including phenoxy) is 1. The van der Waals surface area contributed by atoms with Crippen molar-refractivity contribution in [1.29, 1.82) is 0 Å². The van der Waals surface area contributed by atoms with E-state index >= 15 is 0 Å². The van der Waals surface area contributed by atoms with Crippen molar-refractivity contribution in [3.05, 3.63) is 42.0 Å². The van der Waals surface area contributed by atoms with Crippen molar-refractivity contribution in [3.63, 3.8) is 0 Å². The summed E-state index contributed by atoms with van der Waals surface area (Å²) in [7, 11) is 0. The Morgan fingerprint density at radius 2 is 1.66 bits per heavy atom. The number of hydrogen-bond acceptors (Lipinski definition) is 5. The lowest BCUT2D eigenvalue weighted by atomic mass is 9.33. The van der Waals surface area contributed by atoms with Crippen LogP contribution in [0.2, 0.25) is 0 Å².